The minimum Gasteiger partial charge on any atom is -0.469 e. The number of esters is 2. The average molecular weight is 496 g/mol. The summed E-state index contributed by atoms with van der Waals surface area (Å²) in [7, 11) is 2.79. The van der Waals surface area contributed by atoms with Crippen LogP contribution in [0.1, 0.15) is 35.1 Å². The van der Waals surface area contributed by atoms with E-state index in [2.05, 4.69) is 44.0 Å². The molecule has 0 bridgehead atoms. The Morgan fingerprint density at radius 3 is 2.15 bits per heavy atom. The van der Waals surface area contributed by atoms with Gasteiger partial charge in [0.2, 0.25) is 0 Å². The lowest BCUT2D eigenvalue weighted by atomic mass is 9.90. The molecule has 0 saturated heterocycles. The zero-order valence-corrected chi connectivity index (χ0v) is 18.4. The van der Waals surface area contributed by atoms with E-state index in [0.29, 0.717) is 19.3 Å². The van der Waals surface area contributed by atoms with Crippen molar-refractivity contribution in [3.05, 3.63) is 55.5 Å². The number of rotatable bonds is 6. The van der Waals surface area contributed by atoms with E-state index >= 15 is 0 Å². The topological polar surface area (TPSA) is 52.6 Å². The first kappa shape index (κ1) is 20.1. The van der Waals surface area contributed by atoms with Gasteiger partial charge in [-0.1, -0.05) is 24.3 Å². The van der Waals surface area contributed by atoms with Crippen LogP contribution in [-0.4, -0.2) is 26.2 Å². The van der Waals surface area contributed by atoms with Crippen molar-refractivity contribution in [2.75, 3.05) is 14.2 Å². The smallest absolute Gasteiger partial charge is 0.305 e. The number of carbonyl (C=O) groups is 2. The highest BCUT2D eigenvalue weighted by atomic mass is 79.9. The fourth-order valence-corrected chi connectivity index (χ4v) is 4.89. The molecule has 1 aliphatic rings. The van der Waals surface area contributed by atoms with Crippen LogP contribution < -0.4 is 0 Å². The second-order valence-corrected chi connectivity index (χ2v) is 8.01. The van der Waals surface area contributed by atoms with Crippen molar-refractivity contribution in [3.8, 4) is 11.1 Å². The minimum atomic E-state index is -0.252. The molecular formula is C21H20Br2O4. The lowest BCUT2D eigenvalue weighted by molar-refractivity contribution is -0.141. The first-order valence-electron chi connectivity index (χ1n) is 8.71. The summed E-state index contributed by atoms with van der Waals surface area (Å²) in [4.78, 5) is 23.5. The quantitative estimate of drug-likeness (QED) is 0.452. The van der Waals surface area contributed by atoms with Crippen molar-refractivity contribution in [3.63, 3.8) is 0 Å². The molecule has 6 heteroatoms. The summed E-state index contributed by atoms with van der Waals surface area (Å²) in [5, 5.41) is 0. The standard InChI is InChI=1S/C21H20Br2O4/c1-26-17(24)9-7-14-15(8-10-18(25)27-2)20(22)21(23)16-11-12-5-3-4-6-13(12)19(14)16/h3-6H,7-11H2,1-2H3. The Morgan fingerprint density at radius 1 is 0.926 bits per heavy atom. The van der Waals surface area contributed by atoms with Crippen LogP contribution >= 0.6 is 31.9 Å². The van der Waals surface area contributed by atoms with Gasteiger partial charge >= 0.3 is 11.9 Å². The average Bonchev–Trinajstić information content (AvgIpc) is 3.07. The second-order valence-electron chi connectivity index (χ2n) is 6.42. The molecule has 1 aliphatic carbocycles. The molecule has 0 N–H and O–H groups in total. The van der Waals surface area contributed by atoms with Gasteiger partial charge in [-0.15, -0.1) is 0 Å². The Bertz CT molecular complexity index is 906. The molecule has 0 saturated carbocycles. The van der Waals surface area contributed by atoms with Gasteiger partial charge < -0.3 is 9.47 Å². The first-order valence-corrected chi connectivity index (χ1v) is 10.3. The van der Waals surface area contributed by atoms with E-state index in [1.807, 2.05) is 12.1 Å². The number of carbonyl (C=O) groups excluding carboxylic acids is 2. The molecular weight excluding hydrogens is 476 g/mol. The number of ether oxygens (including phenoxy) is 2. The van der Waals surface area contributed by atoms with Crippen LogP contribution in [0.15, 0.2) is 33.2 Å². The lowest BCUT2D eigenvalue weighted by Crippen LogP contribution is -2.09. The van der Waals surface area contributed by atoms with Crippen LogP contribution in [0, 0.1) is 0 Å². The maximum atomic E-state index is 11.8. The Morgan fingerprint density at radius 2 is 1.52 bits per heavy atom. The number of fused-ring (bicyclic) bond motifs is 3. The monoisotopic (exact) mass is 494 g/mol. The Kier molecular flexibility index (Phi) is 6.37. The normalized spacial score (nSPS) is 11.7. The minimum absolute atomic E-state index is 0.243. The van der Waals surface area contributed by atoms with E-state index in [4.69, 9.17) is 9.47 Å². The van der Waals surface area contributed by atoms with Gasteiger partial charge in [0.25, 0.3) is 0 Å². The van der Waals surface area contributed by atoms with E-state index < -0.39 is 0 Å². The molecule has 0 fully saturated rings. The van der Waals surface area contributed by atoms with Gasteiger partial charge in [0.1, 0.15) is 0 Å². The van der Waals surface area contributed by atoms with Gasteiger partial charge in [0.05, 0.1) is 14.2 Å². The van der Waals surface area contributed by atoms with Crippen LogP contribution in [0.4, 0.5) is 0 Å². The van der Waals surface area contributed by atoms with Crippen molar-refractivity contribution in [2.45, 2.75) is 32.1 Å². The Labute approximate surface area is 175 Å². The molecule has 2 aromatic rings. The molecule has 0 aromatic heterocycles. The van der Waals surface area contributed by atoms with E-state index in [9.17, 15) is 9.59 Å². The summed E-state index contributed by atoms with van der Waals surface area (Å²) < 4.78 is 11.6. The highest BCUT2D eigenvalue weighted by Gasteiger charge is 2.28. The van der Waals surface area contributed by atoms with Gasteiger partial charge in [-0.25, -0.2) is 0 Å². The number of hydrogen-bond acceptors (Lipinski definition) is 4. The van der Waals surface area contributed by atoms with Crippen LogP contribution in [0.25, 0.3) is 11.1 Å². The summed E-state index contributed by atoms with van der Waals surface area (Å²) in [6.07, 6.45) is 2.52. The molecule has 142 valence electrons. The van der Waals surface area contributed by atoms with Crippen molar-refractivity contribution < 1.29 is 19.1 Å². The van der Waals surface area contributed by atoms with Crippen molar-refractivity contribution in [1.29, 1.82) is 0 Å². The van der Waals surface area contributed by atoms with Crippen molar-refractivity contribution >= 4 is 43.8 Å². The largest absolute Gasteiger partial charge is 0.469 e. The fourth-order valence-electron chi connectivity index (χ4n) is 3.63. The Balaban J connectivity index is 2.13. The molecule has 0 aliphatic heterocycles. The maximum Gasteiger partial charge on any atom is 0.305 e. The van der Waals surface area contributed by atoms with Gasteiger partial charge in [0.15, 0.2) is 0 Å². The summed E-state index contributed by atoms with van der Waals surface area (Å²) >= 11 is 7.45. The summed E-state index contributed by atoms with van der Waals surface area (Å²) in [5.74, 6) is -0.495. The summed E-state index contributed by atoms with van der Waals surface area (Å²) in [5.41, 5.74) is 6.98. The van der Waals surface area contributed by atoms with Crippen molar-refractivity contribution in [1.82, 2.24) is 0 Å². The number of halogens is 2. The van der Waals surface area contributed by atoms with Crippen LogP contribution in [0.5, 0.6) is 0 Å². The second kappa shape index (κ2) is 8.57. The van der Waals surface area contributed by atoms with E-state index in [-0.39, 0.29) is 18.4 Å². The zero-order chi connectivity index (χ0) is 19.6. The highest BCUT2D eigenvalue weighted by Crippen LogP contribution is 2.48. The summed E-state index contributed by atoms with van der Waals surface area (Å²) in [6, 6.07) is 8.32. The third-order valence-corrected chi connectivity index (χ3v) is 7.24. The zero-order valence-electron chi connectivity index (χ0n) is 15.2. The molecule has 0 atom stereocenters. The molecule has 0 spiro atoms. The van der Waals surface area contributed by atoms with Crippen LogP contribution in [0.3, 0.4) is 0 Å². The van der Waals surface area contributed by atoms with Gasteiger partial charge in [0, 0.05) is 21.8 Å². The predicted molar refractivity (Wildman–Crippen MR) is 111 cm³/mol. The first-order chi connectivity index (χ1) is 13.0. The van der Waals surface area contributed by atoms with E-state index in [1.54, 1.807) is 0 Å². The Hall–Kier alpha value is -1.66. The third-order valence-electron chi connectivity index (χ3n) is 4.96. The molecule has 0 unspecified atom stereocenters. The van der Waals surface area contributed by atoms with Gasteiger partial charge in [-0.05, 0) is 84.5 Å². The number of benzene rings is 2. The lowest BCUT2D eigenvalue weighted by Gasteiger charge is -2.19. The highest BCUT2D eigenvalue weighted by molar-refractivity contribution is 9.13. The van der Waals surface area contributed by atoms with Crippen LogP contribution in [0.2, 0.25) is 0 Å². The van der Waals surface area contributed by atoms with E-state index in [1.165, 1.54) is 36.5 Å². The molecule has 3 rings (SSSR count). The molecule has 27 heavy (non-hydrogen) atoms. The third kappa shape index (κ3) is 3.97. The predicted octanol–water partition coefficient (Wildman–Crippen LogP) is 4.99. The van der Waals surface area contributed by atoms with Crippen molar-refractivity contribution in [2.24, 2.45) is 0 Å². The summed E-state index contributed by atoms with van der Waals surface area (Å²) in [6.45, 7) is 0. The SMILES string of the molecule is COC(=O)CCc1c(Br)c(Br)c2c(c1CCC(=O)OC)-c1ccccc1C2. The number of hydrogen-bond donors (Lipinski definition) is 0. The molecule has 2 aromatic carbocycles. The maximum absolute atomic E-state index is 11.8. The van der Waals surface area contributed by atoms with Gasteiger partial charge in [-0.2, -0.15) is 0 Å². The number of methoxy groups -OCH3 is 2. The van der Waals surface area contributed by atoms with Gasteiger partial charge in [-0.3, -0.25) is 9.59 Å². The van der Waals surface area contributed by atoms with Crippen LogP contribution in [-0.2, 0) is 38.3 Å². The van der Waals surface area contributed by atoms with E-state index in [0.717, 1.165) is 26.5 Å². The molecule has 4 nitrogen and oxygen atoms in total. The molecule has 0 radical (unpaired) electrons. The fraction of sp³-hybridized carbons (Fsp3) is 0.333. The molecule has 0 heterocycles. The molecule has 0 amide bonds.